The fourth-order valence-corrected chi connectivity index (χ4v) is 5.73. The molecule has 2 heterocycles. The molecular formula is C27H27BrN2O6S. The smallest absolute Gasteiger partial charge is 0.338 e. The normalized spacial score (nSPS) is 15.2. The Kier molecular flexibility index (Phi) is 8.19. The lowest BCUT2D eigenvalue weighted by Crippen LogP contribution is -2.40. The fraction of sp³-hybridized carbons (Fsp3) is 0.296. The number of nitrogens with zero attached hydrogens (tertiary/aromatic N) is 2. The third-order valence-corrected chi connectivity index (χ3v) is 7.47. The molecule has 0 aliphatic carbocycles. The Hall–Kier alpha value is -3.37. The zero-order chi connectivity index (χ0) is 26.7. The third-order valence-electron chi connectivity index (χ3n) is 5.80. The number of rotatable bonds is 8. The van der Waals surface area contributed by atoms with Crippen molar-refractivity contribution in [1.82, 2.24) is 4.57 Å². The average molecular weight is 587 g/mol. The number of hydrogen-bond acceptors (Lipinski definition) is 8. The van der Waals surface area contributed by atoms with E-state index in [0.29, 0.717) is 43.2 Å². The second-order valence-electron chi connectivity index (χ2n) is 8.03. The minimum atomic E-state index is -0.785. The Bertz CT molecular complexity index is 1540. The maximum atomic E-state index is 13.8. The standard InChI is InChI=1S/C27H27BrN2O6S/c1-6-35-17-10-8-16(9-11-17)12-22-25(31)30-24(18-13-20(33-4)21(34-5)14-19(18)28)23(26(32)36-7-2)15(3)29-27(30)37-22/h8-14,24H,6-7H2,1-5H3/b22-12-/t24-/m1/s1. The van der Waals surface area contributed by atoms with Gasteiger partial charge in [-0.05, 0) is 62.2 Å². The van der Waals surface area contributed by atoms with Crippen LogP contribution in [-0.2, 0) is 9.53 Å². The number of allylic oxidation sites excluding steroid dienone is 1. The first-order valence-corrected chi connectivity index (χ1v) is 13.3. The Balaban J connectivity index is 1.95. The van der Waals surface area contributed by atoms with Gasteiger partial charge in [0.1, 0.15) is 5.75 Å². The van der Waals surface area contributed by atoms with Crippen LogP contribution in [-0.4, -0.2) is 38.0 Å². The van der Waals surface area contributed by atoms with E-state index in [0.717, 1.165) is 11.3 Å². The van der Waals surface area contributed by atoms with E-state index in [1.54, 1.807) is 33.1 Å². The van der Waals surface area contributed by atoms with E-state index in [-0.39, 0.29) is 17.7 Å². The third kappa shape index (κ3) is 5.21. The van der Waals surface area contributed by atoms with E-state index >= 15 is 0 Å². The predicted octanol–water partition coefficient (Wildman–Crippen LogP) is 3.98. The first-order valence-electron chi connectivity index (χ1n) is 11.7. The minimum absolute atomic E-state index is 0.192. The molecule has 1 aliphatic heterocycles. The molecule has 0 N–H and O–H groups in total. The summed E-state index contributed by atoms with van der Waals surface area (Å²) in [6.07, 6.45) is 1.81. The number of carbonyl (C=O) groups excluding carboxylic acids is 1. The molecule has 3 aromatic rings. The van der Waals surface area contributed by atoms with E-state index in [1.165, 1.54) is 23.0 Å². The number of halogens is 1. The van der Waals surface area contributed by atoms with E-state index in [4.69, 9.17) is 18.9 Å². The second kappa shape index (κ2) is 11.4. The highest BCUT2D eigenvalue weighted by Gasteiger charge is 2.35. The number of fused-ring (bicyclic) bond motifs is 1. The van der Waals surface area contributed by atoms with Crippen LogP contribution in [0.4, 0.5) is 0 Å². The van der Waals surface area contributed by atoms with Crippen molar-refractivity contribution in [2.24, 2.45) is 4.99 Å². The molecular weight excluding hydrogens is 560 g/mol. The van der Waals surface area contributed by atoms with Gasteiger partial charge in [-0.3, -0.25) is 9.36 Å². The molecule has 4 rings (SSSR count). The molecule has 0 radical (unpaired) electrons. The Morgan fingerprint density at radius 3 is 2.41 bits per heavy atom. The molecule has 0 saturated carbocycles. The lowest BCUT2D eigenvalue weighted by atomic mass is 9.95. The number of aromatic nitrogens is 1. The molecule has 0 fully saturated rings. The number of esters is 1. The summed E-state index contributed by atoms with van der Waals surface area (Å²) in [6, 6.07) is 10.2. The van der Waals surface area contributed by atoms with Gasteiger partial charge in [-0.15, -0.1) is 0 Å². The predicted molar refractivity (Wildman–Crippen MR) is 145 cm³/mol. The molecule has 8 nitrogen and oxygen atoms in total. The Morgan fingerprint density at radius 1 is 1.11 bits per heavy atom. The van der Waals surface area contributed by atoms with Crippen LogP contribution in [0.1, 0.15) is 37.9 Å². The largest absolute Gasteiger partial charge is 0.494 e. The Labute approximate surface area is 226 Å². The molecule has 1 aromatic heterocycles. The van der Waals surface area contributed by atoms with Crippen molar-refractivity contribution < 1.29 is 23.7 Å². The summed E-state index contributed by atoms with van der Waals surface area (Å²) in [4.78, 5) is 32.1. The highest BCUT2D eigenvalue weighted by Crippen LogP contribution is 2.40. The average Bonchev–Trinajstić information content (AvgIpc) is 3.18. The lowest BCUT2D eigenvalue weighted by Gasteiger charge is -2.26. The van der Waals surface area contributed by atoms with Crippen molar-refractivity contribution in [3.8, 4) is 17.2 Å². The SMILES string of the molecule is CCOC(=O)C1=C(C)N=c2s/c(=C\c3ccc(OCC)cc3)c(=O)n2[C@@H]1c1cc(OC)c(OC)cc1Br. The van der Waals surface area contributed by atoms with Gasteiger partial charge in [-0.1, -0.05) is 39.4 Å². The summed E-state index contributed by atoms with van der Waals surface area (Å²) in [5, 5.41) is 0. The molecule has 0 saturated heterocycles. The van der Waals surface area contributed by atoms with Gasteiger partial charge in [0.25, 0.3) is 5.56 Å². The summed E-state index contributed by atoms with van der Waals surface area (Å²) < 4.78 is 24.5. The zero-order valence-corrected chi connectivity index (χ0v) is 23.6. The summed E-state index contributed by atoms with van der Waals surface area (Å²) in [5.74, 6) is 1.21. The summed E-state index contributed by atoms with van der Waals surface area (Å²) in [6.45, 7) is 6.18. The van der Waals surface area contributed by atoms with Crippen LogP contribution in [0.25, 0.3) is 6.08 Å². The monoisotopic (exact) mass is 586 g/mol. The van der Waals surface area contributed by atoms with Crippen molar-refractivity contribution in [1.29, 1.82) is 0 Å². The van der Waals surface area contributed by atoms with Crippen LogP contribution in [0, 0.1) is 0 Å². The summed E-state index contributed by atoms with van der Waals surface area (Å²) in [5.41, 5.74) is 2.00. The number of ether oxygens (including phenoxy) is 4. The number of methoxy groups -OCH3 is 2. The topological polar surface area (TPSA) is 88.4 Å². The quantitative estimate of drug-likeness (QED) is 0.371. The van der Waals surface area contributed by atoms with E-state index in [2.05, 4.69) is 20.9 Å². The molecule has 1 atom stereocenters. The van der Waals surface area contributed by atoms with Crippen molar-refractivity contribution in [3.05, 3.63) is 83.0 Å². The van der Waals surface area contributed by atoms with Crippen LogP contribution in [0.15, 0.2) is 61.9 Å². The van der Waals surface area contributed by atoms with Crippen LogP contribution >= 0.6 is 27.3 Å². The molecule has 0 spiro atoms. The molecule has 0 amide bonds. The van der Waals surface area contributed by atoms with Gasteiger partial charge in [0.2, 0.25) is 0 Å². The molecule has 2 aromatic carbocycles. The van der Waals surface area contributed by atoms with Gasteiger partial charge < -0.3 is 18.9 Å². The zero-order valence-electron chi connectivity index (χ0n) is 21.2. The molecule has 37 heavy (non-hydrogen) atoms. The maximum Gasteiger partial charge on any atom is 0.338 e. The second-order valence-corrected chi connectivity index (χ2v) is 9.90. The number of benzene rings is 2. The first kappa shape index (κ1) is 26.7. The van der Waals surface area contributed by atoms with Gasteiger partial charge in [-0.25, -0.2) is 9.79 Å². The highest BCUT2D eigenvalue weighted by molar-refractivity contribution is 9.10. The van der Waals surface area contributed by atoms with Crippen LogP contribution in [0.3, 0.4) is 0 Å². The first-order chi connectivity index (χ1) is 17.8. The van der Waals surface area contributed by atoms with E-state index in [9.17, 15) is 9.59 Å². The molecule has 10 heteroatoms. The van der Waals surface area contributed by atoms with Crippen LogP contribution in [0.5, 0.6) is 17.2 Å². The molecule has 0 bridgehead atoms. The molecule has 0 unspecified atom stereocenters. The van der Waals surface area contributed by atoms with E-state index < -0.39 is 12.0 Å². The van der Waals surface area contributed by atoms with Crippen molar-refractivity contribution >= 4 is 39.3 Å². The summed E-state index contributed by atoms with van der Waals surface area (Å²) >= 11 is 4.87. The van der Waals surface area contributed by atoms with Gasteiger partial charge in [0, 0.05) is 4.47 Å². The highest BCUT2D eigenvalue weighted by atomic mass is 79.9. The van der Waals surface area contributed by atoms with Gasteiger partial charge >= 0.3 is 5.97 Å². The maximum absolute atomic E-state index is 13.8. The van der Waals surface area contributed by atoms with Crippen LogP contribution in [0.2, 0.25) is 0 Å². The molecule has 1 aliphatic rings. The number of hydrogen-bond donors (Lipinski definition) is 0. The van der Waals surface area contributed by atoms with E-state index in [1.807, 2.05) is 37.3 Å². The van der Waals surface area contributed by atoms with Crippen molar-refractivity contribution in [2.75, 3.05) is 27.4 Å². The lowest BCUT2D eigenvalue weighted by molar-refractivity contribution is -0.139. The summed E-state index contributed by atoms with van der Waals surface area (Å²) in [7, 11) is 3.08. The number of thiazole rings is 1. The van der Waals surface area contributed by atoms with Crippen molar-refractivity contribution in [2.45, 2.75) is 26.8 Å². The van der Waals surface area contributed by atoms with Crippen molar-refractivity contribution in [3.63, 3.8) is 0 Å². The molecule has 194 valence electrons. The minimum Gasteiger partial charge on any atom is -0.494 e. The Morgan fingerprint density at radius 2 is 1.78 bits per heavy atom. The van der Waals surface area contributed by atoms with Gasteiger partial charge in [-0.2, -0.15) is 0 Å². The number of carbonyl (C=O) groups is 1. The van der Waals surface area contributed by atoms with Gasteiger partial charge in [0.15, 0.2) is 16.3 Å². The fourth-order valence-electron chi connectivity index (χ4n) is 4.14. The van der Waals surface area contributed by atoms with Gasteiger partial charge in [0.05, 0.1) is 49.3 Å². The van der Waals surface area contributed by atoms with Crippen LogP contribution < -0.4 is 29.1 Å².